The van der Waals surface area contributed by atoms with Gasteiger partial charge in [-0.15, -0.1) is 0 Å². The molecular weight excluding hydrogens is 455 g/mol. The molecule has 0 aliphatic carbocycles. The Morgan fingerprint density at radius 3 is 2.30 bits per heavy atom. The SMILES string of the molecule is CC[C@@H](C(=O)NC)N(Cc1ccc(C)cc1)C(=O)COc1ccc(I)cc1. The van der Waals surface area contributed by atoms with Crippen molar-refractivity contribution < 1.29 is 14.3 Å². The molecule has 0 aliphatic rings. The monoisotopic (exact) mass is 480 g/mol. The van der Waals surface area contributed by atoms with E-state index in [1.807, 2.05) is 62.4 Å². The molecule has 0 spiro atoms. The van der Waals surface area contributed by atoms with Gasteiger partial charge in [-0.05, 0) is 65.8 Å². The lowest BCUT2D eigenvalue weighted by molar-refractivity contribution is -0.142. The minimum atomic E-state index is -0.538. The topological polar surface area (TPSA) is 58.6 Å². The zero-order valence-corrected chi connectivity index (χ0v) is 18.0. The van der Waals surface area contributed by atoms with Crippen molar-refractivity contribution in [2.45, 2.75) is 32.9 Å². The van der Waals surface area contributed by atoms with Gasteiger partial charge in [0.05, 0.1) is 0 Å². The fourth-order valence-corrected chi connectivity index (χ4v) is 3.09. The van der Waals surface area contributed by atoms with Gasteiger partial charge in [0.2, 0.25) is 5.91 Å². The number of ether oxygens (including phenoxy) is 1. The molecular formula is C21H25IN2O3. The fraction of sp³-hybridized carbons (Fsp3) is 0.333. The van der Waals surface area contributed by atoms with E-state index in [0.717, 1.165) is 14.7 Å². The fourth-order valence-electron chi connectivity index (χ4n) is 2.74. The summed E-state index contributed by atoms with van der Waals surface area (Å²) in [6, 6.07) is 14.9. The zero-order valence-electron chi connectivity index (χ0n) is 15.9. The largest absolute Gasteiger partial charge is 0.484 e. The molecule has 0 heterocycles. The van der Waals surface area contributed by atoms with Crippen LogP contribution in [0.3, 0.4) is 0 Å². The van der Waals surface area contributed by atoms with Crippen molar-refractivity contribution >= 4 is 34.4 Å². The summed E-state index contributed by atoms with van der Waals surface area (Å²) in [6.45, 7) is 4.16. The second kappa shape index (κ2) is 10.3. The first-order valence-electron chi connectivity index (χ1n) is 8.89. The van der Waals surface area contributed by atoms with Crippen LogP contribution >= 0.6 is 22.6 Å². The number of hydrogen-bond acceptors (Lipinski definition) is 3. The highest BCUT2D eigenvalue weighted by Crippen LogP contribution is 2.16. The van der Waals surface area contributed by atoms with E-state index in [2.05, 4.69) is 27.9 Å². The molecule has 0 aliphatic heterocycles. The van der Waals surface area contributed by atoms with Crippen LogP contribution in [-0.4, -0.2) is 36.4 Å². The predicted molar refractivity (Wildman–Crippen MR) is 115 cm³/mol. The summed E-state index contributed by atoms with van der Waals surface area (Å²) < 4.78 is 6.74. The number of hydrogen-bond donors (Lipinski definition) is 1. The number of nitrogens with one attached hydrogen (secondary N) is 1. The second-order valence-electron chi connectivity index (χ2n) is 6.29. The standard InChI is InChI=1S/C21H25IN2O3/c1-4-19(21(26)23-3)24(13-16-7-5-15(2)6-8-16)20(25)14-27-18-11-9-17(22)10-12-18/h5-12,19H,4,13-14H2,1-3H3,(H,23,26)/t19-/m0/s1. The van der Waals surface area contributed by atoms with Gasteiger partial charge in [0.15, 0.2) is 6.61 Å². The molecule has 1 N–H and O–H groups in total. The normalized spacial score (nSPS) is 11.6. The lowest BCUT2D eigenvalue weighted by Gasteiger charge is -2.30. The van der Waals surface area contributed by atoms with Gasteiger partial charge in [0.1, 0.15) is 11.8 Å². The third-order valence-electron chi connectivity index (χ3n) is 4.28. The minimum absolute atomic E-state index is 0.111. The van der Waals surface area contributed by atoms with E-state index in [1.165, 1.54) is 0 Å². The van der Waals surface area contributed by atoms with E-state index in [-0.39, 0.29) is 18.4 Å². The van der Waals surface area contributed by atoms with Crippen molar-refractivity contribution in [3.05, 3.63) is 63.2 Å². The van der Waals surface area contributed by atoms with Gasteiger partial charge in [-0.25, -0.2) is 0 Å². The van der Waals surface area contributed by atoms with Crippen molar-refractivity contribution in [1.82, 2.24) is 10.2 Å². The van der Waals surface area contributed by atoms with E-state index in [4.69, 9.17) is 4.74 Å². The van der Waals surface area contributed by atoms with Crippen LogP contribution in [0.5, 0.6) is 5.75 Å². The summed E-state index contributed by atoms with van der Waals surface area (Å²) in [5.74, 6) is 0.240. The summed E-state index contributed by atoms with van der Waals surface area (Å²) in [5, 5.41) is 2.65. The average Bonchev–Trinajstić information content (AvgIpc) is 2.68. The van der Waals surface area contributed by atoms with E-state index in [1.54, 1.807) is 11.9 Å². The number of rotatable bonds is 8. The Morgan fingerprint density at radius 1 is 1.11 bits per heavy atom. The van der Waals surface area contributed by atoms with Gasteiger partial charge in [-0.1, -0.05) is 36.8 Å². The summed E-state index contributed by atoms with van der Waals surface area (Å²) >= 11 is 2.21. The maximum atomic E-state index is 12.9. The van der Waals surface area contributed by atoms with Crippen LogP contribution in [0, 0.1) is 10.5 Å². The molecule has 2 aromatic rings. The molecule has 1 atom stereocenters. The number of halogens is 1. The first-order chi connectivity index (χ1) is 12.9. The molecule has 2 rings (SSSR count). The zero-order chi connectivity index (χ0) is 19.8. The predicted octanol–water partition coefficient (Wildman–Crippen LogP) is 3.53. The molecule has 2 amide bonds. The lowest BCUT2D eigenvalue weighted by atomic mass is 10.1. The number of amides is 2. The Balaban J connectivity index is 2.15. The Hall–Kier alpha value is -2.09. The third kappa shape index (κ3) is 6.23. The molecule has 0 unspecified atom stereocenters. The summed E-state index contributed by atoms with van der Waals surface area (Å²) in [4.78, 5) is 26.8. The Bertz CT molecular complexity index is 760. The van der Waals surface area contributed by atoms with Gasteiger partial charge in [-0.2, -0.15) is 0 Å². The van der Waals surface area contributed by atoms with Crippen molar-refractivity contribution in [3.8, 4) is 5.75 Å². The third-order valence-corrected chi connectivity index (χ3v) is 5.00. The number of likely N-dealkylation sites (N-methyl/N-ethyl adjacent to an activating group) is 1. The summed E-state index contributed by atoms with van der Waals surface area (Å²) in [5.41, 5.74) is 2.13. The van der Waals surface area contributed by atoms with Crippen LogP contribution in [0.2, 0.25) is 0 Å². The molecule has 144 valence electrons. The van der Waals surface area contributed by atoms with Crippen LogP contribution < -0.4 is 10.1 Å². The molecule has 0 saturated heterocycles. The highest BCUT2D eigenvalue weighted by Gasteiger charge is 2.28. The van der Waals surface area contributed by atoms with Gasteiger partial charge in [0.25, 0.3) is 5.91 Å². The van der Waals surface area contributed by atoms with Crippen LogP contribution in [0.4, 0.5) is 0 Å². The van der Waals surface area contributed by atoms with Crippen LogP contribution in [0.25, 0.3) is 0 Å². The Morgan fingerprint density at radius 2 is 1.74 bits per heavy atom. The van der Waals surface area contributed by atoms with E-state index in [0.29, 0.717) is 18.7 Å². The summed E-state index contributed by atoms with van der Waals surface area (Å²) in [6.07, 6.45) is 0.529. The maximum absolute atomic E-state index is 12.9. The smallest absolute Gasteiger partial charge is 0.261 e. The molecule has 5 nitrogen and oxygen atoms in total. The first kappa shape index (κ1) is 21.2. The van der Waals surface area contributed by atoms with Gasteiger partial charge in [-0.3, -0.25) is 9.59 Å². The van der Waals surface area contributed by atoms with Gasteiger partial charge < -0.3 is 15.0 Å². The Kier molecular flexibility index (Phi) is 8.09. The van der Waals surface area contributed by atoms with Crippen LogP contribution in [0.15, 0.2) is 48.5 Å². The van der Waals surface area contributed by atoms with Crippen LogP contribution in [-0.2, 0) is 16.1 Å². The van der Waals surface area contributed by atoms with Crippen molar-refractivity contribution in [3.63, 3.8) is 0 Å². The number of aryl methyl sites for hydroxylation is 1. The highest BCUT2D eigenvalue weighted by atomic mass is 127. The quantitative estimate of drug-likeness (QED) is 0.589. The van der Waals surface area contributed by atoms with Crippen LogP contribution in [0.1, 0.15) is 24.5 Å². The highest BCUT2D eigenvalue weighted by molar-refractivity contribution is 14.1. The van der Waals surface area contributed by atoms with E-state index in [9.17, 15) is 9.59 Å². The van der Waals surface area contributed by atoms with Crippen molar-refractivity contribution in [2.24, 2.45) is 0 Å². The number of carbonyl (C=O) groups excluding carboxylic acids is 2. The van der Waals surface area contributed by atoms with Crippen molar-refractivity contribution in [2.75, 3.05) is 13.7 Å². The molecule has 0 saturated carbocycles. The molecule has 0 radical (unpaired) electrons. The lowest BCUT2D eigenvalue weighted by Crippen LogP contribution is -2.49. The van der Waals surface area contributed by atoms with E-state index >= 15 is 0 Å². The van der Waals surface area contributed by atoms with Crippen molar-refractivity contribution in [1.29, 1.82) is 0 Å². The second-order valence-corrected chi connectivity index (χ2v) is 7.53. The average molecular weight is 480 g/mol. The molecule has 0 aromatic heterocycles. The summed E-state index contributed by atoms with van der Waals surface area (Å²) in [7, 11) is 1.58. The Labute approximate surface area is 174 Å². The van der Waals surface area contributed by atoms with Gasteiger partial charge in [0, 0.05) is 17.2 Å². The molecule has 2 aromatic carbocycles. The number of nitrogens with zero attached hydrogens (tertiary/aromatic N) is 1. The maximum Gasteiger partial charge on any atom is 0.261 e. The van der Waals surface area contributed by atoms with Gasteiger partial charge >= 0.3 is 0 Å². The number of benzene rings is 2. The first-order valence-corrected chi connectivity index (χ1v) is 9.97. The molecule has 27 heavy (non-hydrogen) atoms. The van der Waals surface area contributed by atoms with E-state index < -0.39 is 6.04 Å². The minimum Gasteiger partial charge on any atom is -0.484 e. The molecule has 0 fully saturated rings. The molecule has 6 heteroatoms. The number of carbonyl (C=O) groups is 2. The molecule has 0 bridgehead atoms.